The lowest BCUT2D eigenvalue weighted by Crippen LogP contribution is -2.31. The summed E-state index contributed by atoms with van der Waals surface area (Å²) in [7, 11) is -2.71. The molecule has 0 bridgehead atoms. The number of hydrogen-bond donors (Lipinski definition) is 2. The molecule has 1 aromatic carbocycles. The smallest absolute Gasteiger partial charge is 0.251 e. The van der Waals surface area contributed by atoms with E-state index in [1.165, 1.54) is 13.2 Å². The van der Waals surface area contributed by atoms with Crippen molar-refractivity contribution in [1.29, 1.82) is 0 Å². The summed E-state index contributed by atoms with van der Waals surface area (Å²) in [5.41, 5.74) is 0.00808. The Hall–Kier alpha value is -1.51. The van der Waals surface area contributed by atoms with E-state index in [1.807, 2.05) is 0 Å². The maximum absolute atomic E-state index is 13.3. The van der Waals surface area contributed by atoms with Gasteiger partial charge < -0.3 is 10.1 Å². The summed E-state index contributed by atoms with van der Waals surface area (Å²) in [4.78, 5) is 11.0. The van der Waals surface area contributed by atoms with Crippen LogP contribution in [0.1, 0.15) is 17.3 Å². The topological polar surface area (TPSA) is 98.5 Å². The first-order valence-corrected chi connectivity index (χ1v) is 6.93. The highest BCUT2D eigenvalue weighted by Gasteiger charge is 2.17. The molecule has 0 aliphatic heterocycles. The van der Waals surface area contributed by atoms with Crippen LogP contribution in [0.4, 0.5) is 4.39 Å². The van der Waals surface area contributed by atoms with Gasteiger partial charge in [0, 0.05) is 19.2 Å². The minimum absolute atomic E-state index is 0.00808. The summed E-state index contributed by atoms with van der Waals surface area (Å²) >= 11 is 0. The van der Waals surface area contributed by atoms with Crippen molar-refractivity contribution in [3.8, 4) is 0 Å². The molecule has 0 saturated carbocycles. The van der Waals surface area contributed by atoms with Gasteiger partial charge in [-0.1, -0.05) is 0 Å². The number of sulfonamides is 1. The van der Waals surface area contributed by atoms with Crippen LogP contribution >= 0.6 is 0 Å². The molecule has 3 N–H and O–H groups in total. The number of halogens is 1. The van der Waals surface area contributed by atoms with Crippen molar-refractivity contribution in [2.75, 3.05) is 13.7 Å². The lowest BCUT2D eigenvalue weighted by atomic mass is 10.2. The van der Waals surface area contributed by atoms with Crippen LogP contribution in [0.25, 0.3) is 0 Å². The van der Waals surface area contributed by atoms with Gasteiger partial charge in [-0.2, -0.15) is 0 Å². The summed E-state index contributed by atoms with van der Waals surface area (Å²) in [6.07, 6.45) is -0.192. The highest BCUT2D eigenvalue weighted by atomic mass is 32.2. The van der Waals surface area contributed by atoms with E-state index < -0.39 is 26.6 Å². The molecule has 106 valence electrons. The third-order valence-electron chi connectivity index (χ3n) is 2.45. The van der Waals surface area contributed by atoms with Gasteiger partial charge in [0.1, 0.15) is 10.7 Å². The van der Waals surface area contributed by atoms with Crippen molar-refractivity contribution in [3.05, 3.63) is 29.6 Å². The van der Waals surface area contributed by atoms with E-state index in [-0.39, 0.29) is 18.2 Å². The summed E-state index contributed by atoms with van der Waals surface area (Å²) in [5, 5.41) is 7.38. The molecule has 8 heteroatoms. The molecular weight excluding hydrogens is 275 g/mol. The van der Waals surface area contributed by atoms with Crippen molar-refractivity contribution in [3.63, 3.8) is 0 Å². The van der Waals surface area contributed by atoms with Gasteiger partial charge in [-0.3, -0.25) is 4.79 Å². The Labute approximate surface area is 110 Å². The second kappa shape index (κ2) is 6.09. The Morgan fingerprint density at radius 2 is 2.16 bits per heavy atom. The Bertz CT molecular complexity index is 574. The van der Waals surface area contributed by atoms with E-state index in [9.17, 15) is 17.6 Å². The van der Waals surface area contributed by atoms with Crippen LogP contribution in [-0.4, -0.2) is 34.1 Å². The number of primary sulfonamides is 1. The largest absolute Gasteiger partial charge is 0.380 e. The van der Waals surface area contributed by atoms with Gasteiger partial charge in [-0.15, -0.1) is 0 Å². The number of ether oxygens (including phenoxy) is 1. The summed E-state index contributed by atoms with van der Waals surface area (Å²) < 4.78 is 40.5. The molecule has 1 aromatic rings. The van der Waals surface area contributed by atoms with Crippen molar-refractivity contribution < 1.29 is 22.3 Å². The van der Waals surface area contributed by atoms with Crippen LogP contribution in [0.5, 0.6) is 0 Å². The van der Waals surface area contributed by atoms with Gasteiger partial charge in [-0.05, 0) is 25.1 Å². The van der Waals surface area contributed by atoms with Gasteiger partial charge in [0.2, 0.25) is 10.0 Å². The lowest BCUT2D eigenvalue weighted by Gasteiger charge is -2.11. The number of nitrogens with one attached hydrogen (secondary N) is 1. The number of benzene rings is 1. The Kier molecular flexibility index (Phi) is 4.98. The van der Waals surface area contributed by atoms with Crippen molar-refractivity contribution >= 4 is 15.9 Å². The molecule has 0 aliphatic rings. The first-order chi connectivity index (χ1) is 8.75. The van der Waals surface area contributed by atoms with Crippen LogP contribution in [0, 0.1) is 5.82 Å². The fourth-order valence-electron chi connectivity index (χ4n) is 1.28. The number of hydrogen-bond acceptors (Lipinski definition) is 4. The predicted octanol–water partition coefficient (Wildman–Crippen LogP) is 0.238. The first kappa shape index (κ1) is 15.5. The molecule has 1 unspecified atom stereocenters. The summed E-state index contributed by atoms with van der Waals surface area (Å²) in [6, 6.07) is 2.96. The van der Waals surface area contributed by atoms with Crippen molar-refractivity contribution in [2.45, 2.75) is 17.9 Å². The first-order valence-electron chi connectivity index (χ1n) is 5.39. The van der Waals surface area contributed by atoms with Gasteiger partial charge >= 0.3 is 0 Å². The predicted molar refractivity (Wildman–Crippen MR) is 66.6 cm³/mol. The molecule has 0 fully saturated rings. The molecule has 1 rings (SSSR count). The average Bonchev–Trinajstić information content (AvgIpc) is 2.34. The highest BCUT2D eigenvalue weighted by Crippen LogP contribution is 2.14. The highest BCUT2D eigenvalue weighted by molar-refractivity contribution is 7.89. The standard InChI is InChI=1S/C11H15FN2O4S/c1-7(18-2)6-14-11(15)8-3-4-9(12)10(5-8)19(13,16)17/h3-5,7H,6H2,1-2H3,(H,14,15)(H2,13,16,17). The Balaban J connectivity index is 2.94. The number of amides is 1. The molecular formula is C11H15FN2O4S. The van der Waals surface area contributed by atoms with E-state index in [0.717, 1.165) is 12.1 Å². The van der Waals surface area contributed by atoms with Gasteiger partial charge in [0.05, 0.1) is 6.10 Å². The number of carbonyl (C=O) groups excluding carboxylic acids is 1. The molecule has 1 amide bonds. The number of rotatable bonds is 5. The Morgan fingerprint density at radius 1 is 1.53 bits per heavy atom. The Morgan fingerprint density at radius 3 is 2.68 bits per heavy atom. The normalized spacial score (nSPS) is 13.1. The number of carbonyl (C=O) groups is 1. The van der Waals surface area contributed by atoms with E-state index in [2.05, 4.69) is 5.32 Å². The number of nitrogens with two attached hydrogens (primary N) is 1. The van der Waals surface area contributed by atoms with Gasteiger partial charge in [-0.25, -0.2) is 17.9 Å². The molecule has 1 atom stereocenters. The molecule has 0 heterocycles. The zero-order valence-electron chi connectivity index (χ0n) is 10.5. The van der Waals surface area contributed by atoms with Crippen molar-refractivity contribution in [2.24, 2.45) is 5.14 Å². The maximum atomic E-state index is 13.3. The zero-order valence-corrected chi connectivity index (χ0v) is 11.3. The fraction of sp³-hybridized carbons (Fsp3) is 0.364. The van der Waals surface area contributed by atoms with E-state index in [1.54, 1.807) is 6.92 Å². The third kappa shape index (κ3) is 4.27. The molecule has 0 radical (unpaired) electrons. The molecule has 0 aliphatic carbocycles. The second-order valence-corrected chi connectivity index (χ2v) is 5.48. The lowest BCUT2D eigenvalue weighted by molar-refractivity contribution is 0.0870. The molecule has 19 heavy (non-hydrogen) atoms. The maximum Gasteiger partial charge on any atom is 0.251 e. The molecule has 0 aromatic heterocycles. The quantitative estimate of drug-likeness (QED) is 0.811. The minimum Gasteiger partial charge on any atom is -0.380 e. The van der Waals surface area contributed by atoms with Crippen LogP contribution in [0.2, 0.25) is 0 Å². The van der Waals surface area contributed by atoms with Crippen LogP contribution in [0.15, 0.2) is 23.1 Å². The minimum atomic E-state index is -4.21. The average molecular weight is 290 g/mol. The van der Waals surface area contributed by atoms with Crippen LogP contribution < -0.4 is 10.5 Å². The summed E-state index contributed by atoms with van der Waals surface area (Å²) in [6.45, 7) is 2.00. The SMILES string of the molecule is COC(C)CNC(=O)c1ccc(F)c(S(N)(=O)=O)c1. The van der Waals surface area contributed by atoms with E-state index in [4.69, 9.17) is 9.88 Å². The van der Waals surface area contributed by atoms with Gasteiger partial charge in [0.15, 0.2) is 0 Å². The second-order valence-electron chi connectivity index (χ2n) is 3.95. The fourth-order valence-corrected chi connectivity index (χ4v) is 1.92. The molecule has 6 nitrogen and oxygen atoms in total. The van der Waals surface area contributed by atoms with Crippen molar-refractivity contribution in [1.82, 2.24) is 5.32 Å². The van der Waals surface area contributed by atoms with E-state index in [0.29, 0.717) is 0 Å². The monoisotopic (exact) mass is 290 g/mol. The zero-order chi connectivity index (χ0) is 14.6. The van der Waals surface area contributed by atoms with Crippen LogP contribution in [-0.2, 0) is 14.8 Å². The number of methoxy groups -OCH3 is 1. The van der Waals surface area contributed by atoms with Gasteiger partial charge in [0.25, 0.3) is 5.91 Å². The summed E-state index contributed by atoms with van der Waals surface area (Å²) in [5.74, 6) is -1.53. The molecule has 0 saturated heterocycles. The molecule has 0 spiro atoms. The third-order valence-corrected chi connectivity index (χ3v) is 3.38. The van der Waals surface area contributed by atoms with E-state index >= 15 is 0 Å². The van der Waals surface area contributed by atoms with Crippen LogP contribution in [0.3, 0.4) is 0 Å².